The molecule has 0 saturated heterocycles. The zero-order chi connectivity index (χ0) is 13.7. The number of para-hydroxylation sites is 1. The minimum Gasteiger partial charge on any atom is -0.389 e. The lowest BCUT2D eigenvalue weighted by Crippen LogP contribution is -2.24. The largest absolute Gasteiger partial charge is 0.389 e. The number of anilines is 1. The normalized spacial score (nSPS) is 16.6. The summed E-state index contributed by atoms with van der Waals surface area (Å²) in [6.45, 7) is 0. The first-order chi connectivity index (χ1) is 9.18. The van der Waals surface area contributed by atoms with Crippen LogP contribution in [0.2, 0.25) is 0 Å². The molecule has 1 aromatic rings. The SMILES string of the molecule is NC(=S)c1ccccc1NC(=O)C1CCCCCC1. The van der Waals surface area contributed by atoms with E-state index in [2.05, 4.69) is 5.32 Å². The summed E-state index contributed by atoms with van der Waals surface area (Å²) in [6.07, 6.45) is 6.76. The molecule has 0 spiro atoms. The lowest BCUT2D eigenvalue weighted by atomic mass is 9.99. The maximum atomic E-state index is 12.3. The van der Waals surface area contributed by atoms with Gasteiger partial charge in [0.1, 0.15) is 4.99 Å². The van der Waals surface area contributed by atoms with Crippen LogP contribution in [0.4, 0.5) is 5.69 Å². The fraction of sp³-hybridized carbons (Fsp3) is 0.467. The summed E-state index contributed by atoms with van der Waals surface area (Å²) in [4.78, 5) is 12.6. The van der Waals surface area contributed by atoms with Crippen molar-refractivity contribution >= 4 is 28.8 Å². The number of hydrogen-bond donors (Lipinski definition) is 2. The van der Waals surface area contributed by atoms with Gasteiger partial charge in [0.25, 0.3) is 0 Å². The molecule has 1 amide bonds. The van der Waals surface area contributed by atoms with Crippen molar-refractivity contribution in [3.8, 4) is 0 Å². The highest BCUT2D eigenvalue weighted by molar-refractivity contribution is 7.80. The Morgan fingerprint density at radius 3 is 2.42 bits per heavy atom. The molecule has 0 atom stereocenters. The van der Waals surface area contributed by atoms with Crippen molar-refractivity contribution in [3.63, 3.8) is 0 Å². The summed E-state index contributed by atoms with van der Waals surface area (Å²) in [7, 11) is 0. The first kappa shape index (κ1) is 14.0. The summed E-state index contributed by atoms with van der Waals surface area (Å²) >= 11 is 5.01. The van der Waals surface area contributed by atoms with Gasteiger partial charge in [-0.2, -0.15) is 0 Å². The van der Waals surface area contributed by atoms with Crippen LogP contribution in [0, 0.1) is 5.92 Å². The molecular formula is C15H20N2OS. The molecule has 2 rings (SSSR count). The molecule has 0 aromatic heterocycles. The highest BCUT2D eigenvalue weighted by Crippen LogP contribution is 2.25. The number of carbonyl (C=O) groups excluding carboxylic acids is 1. The lowest BCUT2D eigenvalue weighted by molar-refractivity contribution is -0.120. The van der Waals surface area contributed by atoms with Crippen molar-refractivity contribution in [1.82, 2.24) is 0 Å². The Morgan fingerprint density at radius 1 is 1.16 bits per heavy atom. The minimum absolute atomic E-state index is 0.102. The van der Waals surface area contributed by atoms with Gasteiger partial charge in [0.2, 0.25) is 5.91 Å². The van der Waals surface area contributed by atoms with Crippen LogP contribution in [0.25, 0.3) is 0 Å². The van der Waals surface area contributed by atoms with Crippen LogP contribution < -0.4 is 11.1 Å². The van der Waals surface area contributed by atoms with Crippen molar-refractivity contribution in [1.29, 1.82) is 0 Å². The fourth-order valence-electron chi connectivity index (χ4n) is 2.58. The van der Waals surface area contributed by atoms with E-state index in [9.17, 15) is 4.79 Å². The van der Waals surface area contributed by atoms with Gasteiger partial charge in [0.05, 0.1) is 5.69 Å². The van der Waals surface area contributed by atoms with Crippen molar-refractivity contribution < 1.29 is 4.79 Å². The Balaban J connectivity index is 2.07. The number of nitrogens with two attached hydrogens (primary N) is 1. The fourth-order valence-corrected chi connectivity index (χ4v) is 2.76. The third-order valence-corrected chi connectivity index (χ3v) is 3.90. The second-order valence-corrected chi connectivity index (χ2v) is 5.53. The molecule has 0 unspecified atom stereocenters. The highest BCUT2D eigenvalue weighted by Gasteiger charge is 2.20. The Hall–Kier alpha value is -1.42. The van der Waals surface area contributed by atoms with Gasteiger partial charge < -0.3 is 11.1 Å². The summed E-state index contributed by atoms with van der Waals surface area (Å²) < 4.78 is 0. The summed E-state index contributed by atoms with van der Waals surface area (Å²) in [5.74, 6) is 0.229. The summed E-state index contributed by atoms with van der Waals surface area (Å²) in [5, 5.41) is 2.98. The summed E-state index contributed by atoms with van der Waals surface area (Å²) in [5.41, 5.74) is 7.14. The van der Waals surface area contributed by atoms with E-state index in [1.807, 2.05) is 24.3 Å². The van der Waals surface area contributed by atoms with E-state index < -0.39 is 0 Å². The predicted molar refractivity (Wildman–Crippen MR) is 82.2 cm³/mol. The smallest absolute Gasteiger partial charge is 0.227 e. The number of amides is 1. The Bertz CT molecular complexity index is 465. The second kappa shape index (κ2) is 6.66. The van der Waals surface area contributed by atoms with Crippen LogP contribution in [0.3, 0.4) is 0 Å². The lowest BCUT2D eigenvalue weighted by Gasteiger charge is -2.16. The predicted octanol–water partition coefficient (Wildman–Crippen LogP) is 3.23. The third kappa shape index (κ3) is 3.77. The van der Waals surface area contributed by atoms with Gasteiger partial charge in [-0.3, -0.25) is 4.79 Å². The van der Waals surface area contributed by atoms with Gasteiger partial charge in [-0.25, -0.2) is 0 Å². The molecule has 0 aliphatic heterocycles. The van der Waals surface area contributed by atoms with Crippen LogP contribution in [0.5, 0.6) is 0 Å². The number of carbonyl (C=O) groups is 1. The number of benzene rings is 1. The van der Waals surface area contributed by atoms with Crippen LogP contribution in [0.15, 0.2) is 24.3 Å². The van der Waals surface area contributed by atoms with Crippen molar-refractivity contribution in [2.24, 2.45) is 11.7 Å². The molecule has 19 heavy (non-hydrogen) atoms. The molecule has 4 heteroatoms. The van der Waals surface area contributed by atoms with Gasteiger partial charge in [-0.15, -0.1) is 0 Å². The first-order valence-corrected chi connectivity index (χ1v) is 7.29. The molecule has 0 heterocycles. The molecule has 1 fully saturated rings. The quantitative estimate of drug-likeness (QED) is 0.658. The number of thiocarbonyl (C=S) groups is 1. The molecule has 0 radical (unpaired) electrons. The Kier molecular flexibility index (Phi) is 4.91. The van der Waals surface area contributed by atoms with Crippen molar-refractivity contribution in [2.75, 3.05) is 5.32 Å². The van der Waals surface area contributed by atoms with Crippen LogP contribution in [-0.2, 0) is 4.79 Å². The maximum absolute atomic E-state index is 12.3. The number of rotatable bonds is 3. The Labute approximate surface area is 119 Å². The topological polar surface area (TPSA) is 55.1 Å². The van der Waals surface area contributed by atoms with Gasteiger partial charge in [0.15, 0.2) is 0 Å². The van der Waals surface area contributed by atoms with Gasteiger partial charge in [-0.1, -0.05) is 50.0 Å². The molecule has 0 bridgehead atoms. The molecular weight excluding hydrogens is 256 g/mol. The molecule has 3 N–H and O–H groups in total. The minimum atomic E-state index is 0.102. The van der Waals surface area contributed by atoms with Crippen LogP contribution in [-0.4, -0.2) is 10.9 Å². The molecule has 1 aromatic carbocycles. The van der Waals surface area contributed by atoms with Crippen molar-refractivity contribution in [3.05, 3.63) is 29.8 Å². The Morgan fingerprint density at radius 2 is 1.79 bits per heavy atom. The van der Waals surface area contributed by atoms with Gasteiger partial charge >= 0.3 is 0 Å². The third-order valence-electron chi connectivity index (χ3n) is 3.68. The molecule has 1 aliphatic rings. The average molecular weight is 276 g/mol. The van der Waals surface area contributed by atoms with Crippen LogP contribution in [0.1, 0.15) is 44.1 Å². The number of hydrogen-bond acceptors (Lipinski definition) is 2. The monoisotopic (exact) mass is 276 g/mol. The highest BCUT2D eigenvalue weighted by atomic mass is 32.1. The van der Waals surface area contributed by atoms with E-state index in [4.69, 9.17) is 18.0 Å². The van der Waals surface area contributed by atoms with E-state index in [0.29, 0.717) is 4.99 Å². The second-order valence-electron chi connectivity index (χ2n) is 5.09. The van der Waals surface area contributed by atoms with E-state index in [0.717, 1.165) is 36.9 Å². The first-order valence-electron chi connectivity index (χ1n) is 6.88. The zero-order valence-electron chi connectivity index (χ0n) is 11.0. The average Bonchev–Trinajstić information content (AvgIpc) is 2.68. The van der Waals surface area contributed by atoms with E-state index in [1.54, 1.807) is 0 Å². The maximum Gasteiger partial charge on any atom is 0.227 e. The number of nitrogens with one attached hydrogen (secondary N) is 1. The molecule has 1 saturated carbocycles. The molecule has 102 valence electrons. The van der Waals surface area contributed by atoms with Gasteiger partial charge in [-0.05, 0) is 25.0 Å². The van der Waals surface area contributed by atoms with Crippen molar-refractivity contribution in [2.45, 2.75) is 38.5 Å². The van der Waals surface area contributed by atoms with Gasteiger partial charge in [0, 0.05) is 11.5 Å². The zero-order valence-corrected chi connectivity index (χ0v) is 11.8. The van der Waals surface area contributed by atoms with E-state index in [-0.39, 0.29) is 11.8 Å². The summed E-state index contributed by atoms with van der Waals surface area (Å²) in [6, 6.07) is 7.44. The van der Waals surface area contributed by atoms with E-state index >= 15 is 0 Å². The standard InChI is InChI=1S/C15H20N2OS/c16-14(19)12-9-5-6-10-13(12)17-15(18)11-7-3-1-2-4-8-11/h5-6,9-11H,1-4,7-8H2,(H2,16,19)(H,17,18). The molecule has 3 nitrogen and oxygen atoms in total. The molecule has 1 aliphatic carbocycles. The van der Waals surface area contributed by atoms with E-state index in [1.165, 1.54) is 12.8 Å². The van der Waals surface area contributed by atoms with Crippen LogP contribution >= 0.6 is 12.2 Å².